The highest BCUT2D eigenvalue weighted by Gasteiger charge is 2.08. The van der Waals surface area contributed by atoms with E-state index in [1.165, 1.54) is 23.1 Å². The van der Waals surface area contributed by atoms with Gasteiger partial charge in [0.1, 0.15) is 0 Å². The van der Waals surface area contributed by atoms with E-state index in [1.54, 1.807) is 0 Å². The predicted molar refractivity (Wildman–Crippen MR) is 66.3 cm³/mol. The van der Waals surface area contributed by atoms with Gasteiger partial charge in [-0.25, -0.2) is 0 Å². The minimum Gasteiger partial charge on any atom is -0.481 e. The van der Waals surface area contributed by atoms with Crippen LogP contribution in [0, 0.1) is 0 Å². The Hall–Kier alpha value is -0.820. The molecule has 1 unspecified atom stereocenters. The lowest BCUT2D eigenvalue weighted by Crippen LogP contribution is -2.14. The van der Waals surface area contributed by atoms with E-state index in [2.05, 4.69) is 29.4 Å². The number of hydrogen-bond donors (Lipinski definition) is 2. The van der Waals surface area contributed by atoms with Crippen LogP contribution in [0.5, 0.6) is 0 Å². The van der Waals surface area contributed by atoms with Crippen LogP contribution in [0.1, 0.15) is 26.7 Å². The summed E-state index contributed by atoms with van der Waals surface area (Å²) >= 11 is 2.59. The topological polar surface area (TPSA) is 75.1 Å². The SMILES string of the molecule is CCCC(C)Nc1nnc(SCC(=O)O)s1. The summed E-state index contributed by atoms with van der Waals surface area (Å²) in [6, 6.07) is 0.371. The van der Waals surface area contributed by atoms with Crippen molar-refractivity contribution >= 4 is 34.2 Å². The summed E-state index contributed by atoms with van der Waals surface area (Å²) in [4.78, 5) is 10.4. The molecule has 1 aromatic rings. The molecule has 0 saturated carbocycles. The first-order valence-corrected chi connectivity index (χ1v) is 6.86. The van der Waals surface area contributed by atoms with E-state index < -0.39 is 5.97 Å². The molecular weight excluding hydrogens is 246 g/mol. The van der Waals surface area contributed by atoms with Crippen LogP contribution in [0.2, 0.25) is 0 Å². The number of thioether (sulfide) groups is 1. The molecule has 16 heavy (non-hydrogen) atoms. The van der Waals surface area contributed by atoms with Crippen molar-refractivity contribution in [3.05, 3.63) is 0 Å². The van der Waals surface area contributed by atoms with Crippen molar-refractivity contribution in [1.82, 2.24) is 10.2 Å². The van der Waals surface area contributed by atoms with E-state index in [4.69, 9.17) is 5.11 Å². The Morgan fingerprint density at radius 3 is 3.00 bits per heavy atom. The zero-order valence-electron chi connectivity index (χ0n) is 9.27. The lowest BCUT2D eigenvalue weighted by molar-refractivity contribution is -0.133. The lowest BCUT2D eigenvalue weighted by Gasteiger charge is -2.09. The van der Waals surface area contributed by atoms with Gasteiger partial charge in [-0.3, -0.25) is 4.79 Å². The fourth-order valence-electron chi connectivity index (χ4n) is 1.17. The fourth-order valence-corrected chi connectivity index (χ4v) is 2.75. The number of rotatable bonds is 7. The van der Waals surface area contributed by atoms with Gasteiger partial charge in [0.05, 0.1) is 5.75 Å². The van der Waals surface area contributed by atoms with Gasteiger partial charge >= 0.3 is 5.97 Å². The van der Waals surface area contributed by atoms with Gasteiger partial charge in [0.25, 0.3) is 0 Å². The van der Waals surface area contributed by atoms with Crippen molar-refractivity contribution in [1.29, 1.82) is 0 Å². The zero-order valence-corrected chi connectivity index (χ0v) is 10.9. The summed E-state index contributed by atoms with van der Waals surface area (Å²) < 4.78 is 0.689. The van der Waals surface area contributed by atoms with Gasteiger partial charge in [-0.2, -0.15) is 0 Å². The normalized spacial score (nSPS) is 12.4. The van der Waals surface area contributed by atoms with E-state index in [1.807, 2.05) is 0 Å². The van der Waals surface area contributed by atoms with E-state index in [0.717, 1.165) is 18.0 Å². The summed E-state index contributed by atoms with van der Waals surface area (Å²) in [6.07, 6.45) is 2.20. The van der Waals surface area contributed by atoms with Crippen LogP contribution >= 0.6 is 23.1 Å². The monoisotopic (exact) mass is 261 g/mol. The quantitative estimate of drug-likeness (QED) is 0.734. The summed E-state index contributed by atoms with van der Waals surface area (Å²) in [5.41, 5.74) is 0. The van der Waals surface area contributed by atoms with Gasteiger partial charge in [-0.05, 0) is 13.3 Å². The summed E-state index contributed by atoms with van der Waals surface area (Å²) in [5.74, 6) is -0.812. The maximum Gasteiger partial charge on any atom is 0.313 e. The number of carboxylic acids is 1. The first kappa shape index (κ1) is 13.2. The molecule has 1 atom stereocenters. The van der Waals surface area contributed by atoms with E-state index in [0.29, 0.717) is 10.4 Å². The first-order valence-electron chi connectivity index (χ1n) is 5.06. The maximum absolute atomic E-state index is 10.4. The second kappa shape index (κ2) is 6.70. The predicted octanol–water partition coefficient (Wildman–Crippen LogP) is 2.32. The zero-order chi connectivity index (χ0) is 12.0. The van der Waals surface area contributed by atoms with Crippen molar-refractivity contribution in [2.75, 3.05) is 11.1 Å². The van der Waals surface area contributed by atoms with Crippen molar-refractivity contribution in [2.45, 2.75) is 37.1 Å². The van der Waals surface area contributed by atoms with Crippen LogP contribution < -0.4 is 5.32 Å². The molecule has 90 valence electrons. The van der Waals surface area contributed by atoms with Crippen LogP contribution in [0.3, 0.4) is 0 Å². The molecule has 0 saturated heterocycles. The molecule has 2 N–H and O–H groups in total. The van der Waals surface area contributed by atoms with E-state index >= 15 is 0 Å². The molecule has 0 amide bonds. The molecule has 1 heterocycles. The Morgan fingerprint density at radius 2 is 2.38 bits per heavy atom. The molecular formula is C9H15N3O2S2. The van der Waals surface area contributed by atoms with Crippen molar-refractivity contribution < 1.29 is 9.90 Å². The third-order valence-corrected chi connectivity index (χ3v) is 3.79. The Labute approximate surface area is 103 Å². The highest BCUT2D eigenvalue weighted by atomic mass is 32.2. The molecule has 0 bridgehead atoms. The Bertz CT molecular complexity index is 343. The molecule has 0 aromatic carbocycles. The molecule has 0 radical (unpaired) electrons. The Balaban J connectivity index is 2.41. The minimum absolute atomic E-state index is 0.0269. The van der Waals surface area contributed by atoms with Gasteiger partial charge in [0.2, 0.25) is 5.13 Å². The minimum atomic E-state index is -0.839. The van der Waals surface area contributed by atoms with Crippen molar-refractivity contribution in [3.8, 4) is 0 Å². The molecule has 0 spiro atoms. The maximum atomic E-state index is 10.4. The Kier molecular flexibility index (Phi) is 5.54. The third kappa shape index (κ3) is 4.80. The highest BCUT2D eigenvalue weighted by molar-refractivity contribution is 8.01. The number of carbonyl (C=O) groups is 1. The van der Waals surface area contributed by atoms with Gasteiger partial charge in [-0.1, -0.05) is 36.4 Å². The summed E-state index contributed by atoms with van der Waals surface area (Å²) in [5, 5.41) is 20.4. The summed E-state index contributed by atoms with van der Waals surface area (Å²) in [6.45, 7) is 4.22. The van der Waals surface area contributed by atoms with Crippen LogP contribution in [0.4, 0.5) is 5.13 Å². The molecule has 5 nitrogen and oxygen atoms in total. The number of aromatic nitrogens is 2. The van der Waals surface area contributed by atoms with E-state index in [9.17, 15) is 4.79 Å². The Morgan fingerprint density at radius 1 is 1.62 bits per heavy atom. The summed E-state index contributed by atoms with van der Waals surface area (Å²) in [7, 11) is 0. The van der Waals surface area contributed by atoms with Crippen LogP contribution in [0.25, 0.3) is 0 Å². The largest absolute Gasteiger partial charge is 0.481 e. The van der Waals surface area contributed by atoms with Crippen LogP contribution in [-0.2, 0) is 4.79 Å². The van der Waals surface area contributed by atoms with Crippen LogP contribution in [-0.4, -0.2) is 33.1 Å². The van der Waals surface area contributed by atoms with Gasteiger partial charge in [0, 0.05) is 6.04 Å². The van der Waals surface area contributed by atoms with Gasteiger partial charge in [0.15, 0.2) is 4.34 Å². The molecule has 0 aliphatic rings. The van der Waals surface area contributed by atoms with Gasteiger partial charge < -0.3 is 10.4 Å². The molecule has 7 heteroatoms. The second-order valence-electron chi connectivity index (χ2n) is 3.39. The molecule has 0 aliphatic heterocycles. The smallest absolute Gasteiger partial charge is 0.313 e. The third-order valence-electron chi connectivity index (χ3n) is 1.82. The number of anilines is 1. The number of nitrogens with one attached hydrogen (secondary N) is 1. The molecule has 0 fully saturated rings. The average Bonchev–Trinajstić information content (AvgIpc) is 2.63. The number of aliphatic carboxylic acids is 1. The first-order chi connectivity index (χ1) is 7.61. The molecule has 0 aliphatic carbocycles. The average molecular weight is 261 g/mol. The number of hydrogen-bond acceptors (Lipinski definition) is 6. The molecule has 1 aromatic heterocycles. The van der Waals surface area contributed by atoms with Crippen molar-refractivity contribution in [3.63, 3.8) is 0 Å². The van der Waals surface area contributed by atoms with E-state index in [-0.39, 0.29) is 5.75 Å². The van der Waals surface area contributed by atoms with Crippen LogP contribution in [0.15, 0.2) is 4.34 Å². The lowest BCUT2D eigenvalue weighted by atomic mass is 10.2. The number of carboxylic acid groups (broad SMARTS) is 1. The second-order valence-corrected chi connectivity index (χ2v) is 5.59. The van der Waals surface area contributed by atoms with Crippen molar-refractivity contribution in [2.24, 2.45) is 0 Å². The fraction of sp³-hybridized carbons (Fsp3) is 0.667. The standard InChI is InChI=1S/C9H15N3O2S2/c1-3-4-6(2)10-8-11-12-9(16-8)15-5-7(13)14/h6H,3-5H2,1-2H3,(H,10,11)(H,13,14). The van der Waals surface area contributed by atoms with Gasteiger partial charge in [-0.15, -0.1) is 10.2 Å². The molecule has 1 rings (SSSR count). The number of nitrogens with zero attached hydrogens (tertiary/aromatic N) is 2. The highest BCUT2D eigenvalue weighted by Crippen LogP contribution is 2.25.